The standard InChI is InChI=1S/C16H19ClN4/c1-3-4-8-11-16(2,17)15-13-21(20-19-18-15)12-14-9-6-5-7-10-14/h3-11H,12-13H2,1-2H3/b4-3-,11-8-/t16-/m0/s1. The maximum Gasteiger partial charge on any atom is 0.102 e. The molecule has 1 aromatic carbocycles. The van der Waals surface area contributed by atoms with E-state index in [4.69, 9.17) is 11.6 Å². The van der Waals surface area contributed by atoms with Crippen molar-refractivity contribution in [2.45, 2.75) is 25.3 Å². The highest BCUT2D eigenvalue weighted by Gasteiger charge is 2.28. The van der Waals surface area contributed by atoms with Gasteiger partial charge in [0.1, 0.15) is 4.87 Å². The van der Waals surface area contributed by atoms with Gasteiger partial charge < -0.3 is 0 Å². The molecule has 0 aromatic heterocycles. The van der Waals surface area contributed by atoms with E-state index in [1.165, 1.54) is 5.56 Å². The van der Waals surface area contributed by atoms with Gasteiger partial charge in [-0.15, -0.1) is 16.7 Å². The average Bonchev–Trinajstić information content (AvgIpc) is 2.49. The molecule has 0 radical (unpaired) electrons. The normalized spacial score (nSPS) is 18.2. The van der Waals surface area contributed by atoms with Crippen LogP contribution in [0, 0.1) is 0 Å². The number of benzene rings is 1. The highest BCUT2D eigenvalue weighted by atomic mass is 35.5. The first-order valence-electron chi connectivity index (χ1n) is 6.88. The van der Waals surface area contributed by atoms with Gasteiger partial charge in [0.25, 0.3) is 0 Å². The molecule has 1 aromatic rings. The molecular weight excluding hydrogens is 284 g/mol. The van der Waals surface area contributed by atoms with Crippen LogP contribution in [0.3, 0.4) is 0 Å². The van der Waals surface area contributed by atoms with E-state index >= 15 is 0 Å². The predicted octanol–water partition coefficient (Wildman–Crippen LogP) is 4.36. The largest absolute Gasteiger partial charge is 0.267 e. The minimum absolute atomic E-state index is 0.568. The van der Waals surface area contributed by atoms with Crippen molar-refractivity contribution in [1.29, 1.82) is 0 Å². The van der Waals surface area contributed by atoms with Crippen molar-refractivity contribution in [3.05, 3.63) is 60.2 Å². The Bertz CT molecular complexity index is 573. The first-order valence-corrected chi connectivity index (χ1v) is 7.26. The number of hydrogen-bond acceptors (Lipinski definition) is 4. The molecule has 110 valence electrons. The summed E-state index contributed by atoms with van der Waals surface area (Å²) in [5.74, 6) is 0. The van der Waals surface area contributed by atoms with Gasteiger partial charge in [0, 0.05) is 0 Å². The maximum atomic E-state index is 6.54. The first kappa shape index (κ1) is 15.4. The highest BCUT2D eigenvalue weighted by molar-refractivity contribution is 6.37. The van der Waals surface area contributed by atoms with Gasteiger partial charge in [-0.25, -0.2) is 0 Å². The van der Waals surface area contributed by atoms with E-state index in [-0.39, 0.29) is 0 Å². The summed E-state index contributed by atoms with van der Waals surface area (Å²) in [7, 11) is 0. The Morgan fingerprint density at radius 3 is 2.76 bits per heavy atom. The summed E-state index contributed by atoms with van der Waals surface area (Å²) in [6.07, 6.45) is 7.72. The lowest BCUT2D eigenvalue weighted by Gasteiger charge is -2.26. The van der Waals surface area contributed by atoms with E-state index in [1.54, 1.807) is 0 Å². The van der Waals surface area contributed by atoms with Crippen molar-refractivity contribution < 1.29 is 0 Å². The zero-order chi connectivity index (χ0) is 15.1. The summed E-state index contributed by atoms with van der Waals surface area (Å²) in [6.45, 7) is 5.13. The number of rotatable bonds is 5. The van der Waals surface area contributed by atoms with E-state index < -0.39 is 4.87 Å². The summed E-state index contributed by atoms with van der Waals surface area (Å²) < 4.78 is 0. The Kier molecular flexibility index (Phi) is 5.28. The second-order valence-corrected chi connectivity index (χ2v) is 5.78. The summed E-state index contributed by atoms with van der Waals surface area (Å²) in [6, 6.07) is 10.1. The van der Waals surface area contributed by atoms with Crippen molar-refractivity contribution in [2.75, 3.05) is 6.54 Å². The summed E-state index contributed by atoms with van der Waals surface area (Å²) >= 11 is 6.54. The van der Waals surface area contributed by atoms with E-state index in [0.29, 0.717) is 13.1 Å². The zero-order valence-electron chi connectivity index (χ0n) is 12.3. The van der Waals surface area contributed by atoms with E-state index in [2.05, 4.69) is 27.7 Å². The number of nitrogens with zero attached hydrogens (tertiary/aromatic N) is 4. The molecule has 1 aliphatic heterocycles. The third kappa shape index (κ3) is 4.53. The third-order valence-corrected chi connectivity index (χ3v) is 3.49. The van der Waals surface area contributed by atoms with Crippen LogP contribution in [-0.4, -0.2) is 22.1 Å². The topological polar surface area (TPSA) is 40.3 Å². The minimum Gasteiger partial charge on any atom is -0.267 e. The molecule has 1 aliphatic rings. The monoisotopic (exact) mass is 302 g/mol. The molecule has 0 bridgehead atoms. The quantitative estimate of drug-likeness (QED) is 0.588. The smallest absolute Gasteiger partial charge is 0.102 e. The summed E-state index contributed by atoms with van der Waals surface area (Å²) in [5, 5.41) is 13.9. The second-order valence-electron chi connectivity index (χ2n) is 4.99. The van der Waals surface area contributed by atoms with Gasteiger partial charge in [0.2, 0.25) is 0 Å². The van der Waals surface area contributed by atoms with Gasteiger partial charge >= 0.3 is 0 Å². The van der Waals surface area contributed by atoms with Crippen LogP contribution in [-0.2, 0) is 6.54 Å². The molecule has 0 aliphatic carbocycles. The van der Waals surface area contributed by atoms with E-state index in [0.717, 1.165) is 5.71 Å². The lowest BCUT2D eigenvalue weighted by atomic mass is 10.0. The van der Waals surface area contributed by atoms with Gasteiger partial charge in [-0.1, -0.05) is 59.9 Å². The molecule has 1 atom stereocenters. The Balaban J connectivity index is 2.04. The molecule has 21 heavy (non-hydrogen) atoms. The molecular formula is C16H19ClN4. The first-order chi connectivity index (χ1) is 10.1. The van der Waals surface area contributed by atoms with Crippen LogP contribution < -0.4 is 0 Å². The average molecular weight is 303 g/mol. The van der Waals surface area contributed by atoms with Crippen LogP contribution in [0.25, 0.3) is 0 Å². The number of halogens is 1. The highest BCUT2D eigenvalue weighted by Crippen LogP contribution is 2.22. The fourth-order valence-corrected chi connectivity index (χ4v) is 2.11. The Morgan fingerprint density at radius 1 is 1.29 bits per heavy atom. The molecule has 0 N–H and O–H groups in total. The molecule has 0 unspecified atom stereocenters. The van der Waals surface area contributed by atoms with Crippen LogP contribution in [0.5, 0.6) is 0 Å². The van der Waals surface area contributed by atoms with E-state index in [9.17, 15) is 0 Å². The molecule has 2 rings (SSSR count). The molecule has 0 saturated carbocycles. The van der Waals surface area contributed by atoms with Crippen LogP contribution >= 0.6 is 11.6 Å². The van der Waals surface area contributed by atoms with Crippen molar-refractivity contribution in [1.82, 2.24) is 5.01 Å². The van der Waals surface area contributed by atoms with Crippen LogP contribution in [0.1, 0.15) is 19.4 Å². The number of hydrogen-bond donors (Lipinski definition) is 0. The van der Waals surface area contributed by atoms with Gasteiger partial charge in [-0.2, -0.15) is 0 Å². The van der Waals surface area contributed by atoms with E-state index in [1.807, 2.05) is 61.4 Å². The fraction of sp³-hybridized carbons (Fsp3) is 0.312. The maximum absolute atomic E-state index is 6.54. The summed E-state index contributed by atoms with van der Waals surface area (Å²) in [5.41, 5.74) is 1.97. The van der Waals surface area contributed by atoms with Crippen LogP contribution in [0.15, 0.2) is 70.2 Å². The number of alkyl halides is 1. The molecule has 0 spiro atoms. The Hall–Kier alpha value is -1.94. The molecule has 5 heteroatoms. The van der Waals surface area contributed by atoms with Gasteiger partial charge in [0.15, 0.2) is 0 Å². The lowest BCUT2D eigenvalue weighted by molar-refractivity contribution is 0.283. The SMILES string of the molecule is C/C=C\C=C/[C@](C)(Cl)C1=NN=NN(Cc2ccccc2)C1. The molecule has 0 saturated heterocycles. The predicted molar refractivity (Wildman–Crippen MR) is 87.4 cm³/mol. The molecule has 4 nitrogen and oxygen atoms in total. The summed E-state index contributed by atoms with van der Waals surface area (Å²) in [4.78, 5) is -0.659. The van der Waals surface area contributed by atoms with Gasteiger partial charge in [-0.3, -0.25) is 5.01 Å². The lowest BCUT2D eigenvalue weighted by Crippen LogP contribution is -2.37. The minimum atomic E-state index is -0.659. The molecule has 0 amide bonds. The zero-order valence-corrected chi connectivity index (χ0v) is 13.0. The van der Waals surface area contributed by atoms with Crippen LogP contribution in [0.2, 0.25) is 0 Å². The molecule has 1 heterocycles. The van der Waals surface area contributed by atoms with Gasteiger partial charge in [0.05, 0.1) is 18.8 Å². The number of allylic oxidation sites excluding steroid dienone is 4. The van der Waals surface area contributed by atoms with Crippen molar-refractivity contribution in [3.8, 4) is 0 Å². The second kappa shape index (κ2) is 7.18. The van der Waals surface area contributed by atoms with Crippen LogP contribution in [0.4, 0.5) is 0 Å². The van der Waals surface area contributed by atoms with Crippen molar-refractivity contribution >= 4 is 17.3 Å². The van der Waals surface area contributed by atoms with Crippen molar-refractivity contribution in [3.63, 3.8) is 0 Å². The Labute approximate surface area is 130 Å². The fourth-order valence-electron chi connectivity index (χ4n) is 1.94. The van der Waals surface area contributed by atoms with Crippen molar-refractivity contribution in [2.24, 2.45) is 15.5 Å². The third-order valence-electron chi connectivity index (χ3n) is 3.15. The van der Waals surface area contributed by atoms with Gasteiger partial charge in [-0.05, 0) is 24.6 Å². The Morgan fingerprint density at radius 2 is 2.05 bits per heavy atom. The molecule has 0 fully saturated rings.